The van der Waals surface area contributed by atoms with Crippen LogP contribution >= 0.6 is 18.3 Å². The van der Waals surface area contributed by atoms with Crippen molar-refractivity contribution in [2.45, 2.75) is 13.8 Å². The number of halogens is 2. The average molecular weight is 418 g/mol. The molecule has 0 fully saturated rings. The number of benzene rings is 2. The number of carbonyl (C=O) groups is 1. The first-order chi connectivity index (χ1) is 12.4. The molecule has 9 heteroatoms. The van der Waals surface area contributed by atoms with E-state index in [2.05, 4.69) is 5.32 Å². The lowest BCUT2D eigenvalue weighted by atomic mass is 10.2. The van der Waals surface area contributed by atoms with Crippen LogP contribution in [0, 0.1) is 5.82 Å². The molecule has 0 atom stereocenters. The lowest BCUT2D eigenvalue weighted by molar-refractivity contribution is 0.102. The number of hydrogen-bond acceptors (Lipinski definition) is 5. The number of carbonyl (C=O) groups excluding carboxylic acids is 1. The Morgan fingerprint density at radius 2 is 1.77 bits per heavy atom. The second kappa shape index (κ2) is 9.44. The van der Waals surface area contributed by atoms with E-state index >= 15 is 0 Å². The van der Waals surface area contributed by atoms with Gasteiger partial charge in [0.15, 0.2) is 0 Å². The van der Waals surface area contributed by atoms with Crippen molar-refractivity contribution in [3.8, 4) is 5.75 Å². The smallest absolute Gasteiger partial charge is 0.380 e. The first-order valence-corrected chi connectivity index (χ1v) is 10.8. The van der Waals surface area contributed by atoms with Crippen molar-refractivity contribution >= 4 is 41.7 Å². The number of nitrogens with one attached hydrogen (secondary N) is 1. The van der Waals surface area contributed by atoms with Crippen LogP contribution in [0.3, 0.4) is 0 Å². The summed E-state index contributed by atoms with van der Waals surface area (Å²) in [5, 5.41) is 3.03. The Balaban J connectivity index is 2.29. The largest absolute Gasteiger partial charge is 0.423 e. The highest BCUT2D eigenvalue weighted by Gasteiger charge is 2.25. The Labute approximate surface area is 161 Å². The third kappa shape index (κ3) is 5.76. The predicted octanol–water partition coefficient (Wildman–Crippen LogP) is 5.41. The third-order valence-corrected chi connectivity index (χ3v) is 5.74. The number of anilines is 1. The van der Waals surface area contributed by atoms with Gasteiger partial charge < -0.3 is 9.84 Å². The van der Waals surface area contributed by atoms with Crippen LogP contribution < -0.4 is 9.84 Å². The fourth-order valence-corrected chi connectivity index (χ4v) is 4.26. The molecule has 0 aliphatic rings. The van der Waals surface area contributed by atoms with Gasteiger partial charge in [0.2, 0.25) is 0 Å². The van der Waals surface area contributed by atoms with Crippen molar-refractivity contribution in [1.29, 1.82) is 0 Å². The van der Waals surface area contributed by atoms with Gasteiger partial charge in [-0.25, -0.2) is 4.39 Å². The van der Waals surface area contributed by atoms with Gasteiger partial charge in [-0.2, -0.15) is 0 Å². The molecule has 0 saturated carbocycles. The quantitative estimate of drug-likeness (QED) is 0.582. The molecule has 0 aliphatic heterocycles. The van der Waals surface area contributed by atoms with Crippen LogP contribution in [0.5, 0.6) is 5.75 Å². The van der Waals surface area contributed by atoms with E-state index in [1.165, 1.54) is 36.4 Å². The summed E-state index contributed by atoms with van der Waals surface area (Å²) in [6.07, 6.45) is 0. The van der Waals surface area contributed by atoms with Crippen molar-refractivity contribution < 1.29 is 22.8 Å². The molecule has 0 unspecified atom stereocenters. The van der Waals surface area contributed by atoms with E-state index in [9.17, 15) is 9.18 Å². The van der Waals surface area contributed by atoms with Crippen LogP contribution in [0.15, 0.2) is 42.5 Å². The highest BCUT2D eigenvalue weighted by atomic mass is 35.5. The molecule has 2 aromatic rings. The number of amides is 1. The van der Waals surface area contributed by atoms with Crippen molar-refractivity contribution in [1.82, 2.24) is 0 Å². The van der Waals surface area contributed by atoms with Gasteiger partial charge in [-0.1, -0.05) is 11.6 Å². The highest BCUT2D eigenvalue weighted by molar-refractivity contribution is 8.07. The Morgan fingerprint density at radius 3 is 2.35 bits per heavy atom. The SMILES string of the molecule is CCOP(=S)(OCC)Oc1cc(Cl)ccc1C(=O)Nc1ccc(F)cc1. The summed E-state index contributed by atoms with van der Waals surface area (Å²) in [5.41, 5.74) is 0.638. The third-order valence-electron chi connectivity index (χ3n) is 3.07. The Bertz CT molecular complexity index is 809. The van der Waals surface area contributed by atoms with Gasteiger partial charge in [-0.15, -0.1) is 0 Å². The summed E-state index contributed by atoms with van der Waals surface area (Å²) in [6.45, 7) is 1.06. The average Bonchev–Trinajstić information content (AvgIpc) is 2.57. The van der Waals surface area contributed by atoms with E-state index in [1.807, 2.05) is 0 Å². The summed E-state index contributed by atoms with van der Waals surface area (Å²) in [5.74, 6) is -0.701. The molecule has 2 rings (SSSR count). The fourth-order valence-electron chi connectivity index (χ4n) is 2.02. The molecule has 1 N–H and O–H groups in total. The first-order valence-electron chi connectivity index (χ1n) is 7.82. The molecule has 0 aliphatic carbocycles. The van der Waals surface area contributed by atoms with Crippen molar-refractivity contribution in [2.24, 2.45) is 0 Å². The molecule has 0 radical (unpaired) electrons. The standard InChI is InChI=1S/C17H18ClFNO4PS/c1-3-22-25(26,23-4-2)24-16-11-12(18)5-10-15(16)17(21)20-14-8-6-13(19)7-9-14/h5-11H,3-4H2,1-2H3,(H,20,21). The van der Waals surface area contributed by atoms with Crippen LogP contribution in [-0.2, 0) is 20.9 Å². The highest BCUT2D eigenvalue weighted by Crippen LogP contribution is 2.50. The van der Waals surface area contributed by atoms with Crippen molar-refractivity contribution in [3.05, 3.63) is 58.9 Å². The van der Waals surface area contributed by atoms with Gasteiger partial charge in [0.1, 0.15) is 11.6 Å². The van der Waals surface area contributed by atoms with Crippen LogP contribution in [-0.4, -0.2) is 19.1 Å². The van der Waals surface area contributed by atoms with E-state index < -0.39 is 18.4 Å². The monoisotopic (exact) mass is 417 g/mol. The topological polar surface area (TPSA) is 56.8 Å². The first kappa shape index (κ1) is 20.8. The van der Waals surface area contributed by atoms with Gasteiger partial charge >= 0.3 is 6.72 Å². The van der Waals surface area contributed by atoms with E-state index in [0.717, 1.165) is 0 Å². The minimum Gasteiger partial charge on any atom is -0.423 e. The fraction of sp³-hybridized carbons (Fsp3) is 0.235. The van der Waals surface area contributed by atoms with Crippen LogP contribution in [0.25, 0.3) is 0 Å². The normalized spacial score (nSPS) is 11.2. The van der Waals surface area contributed by atoms with Gasteiger partial charge in [-0.3, -0.25) is 13.8 Å². The van der Waals surface area contributed by atoms with Crippen molar-refractivity contribution in [3.63, 3.8) is 0 Å². The Morgan fingerprint density at radius 1 is 1.15 bits per heavy atom. The lowest BCUT2D eigenvalue weighted by Crippen LogP contribution is -2.14. The van der Waals surface area contributed by atoms with Gasteiger partial charge in [0, 0.05) is 28.6 Å². The predicted molar refractivity (Wildman–Crippen MR) is 104 cm³/mol. The molecular formula is C17H18ClFNO4PS. The molecule has 26 heavy (non-hydrogen) atoms. The zero-order valence-electron chi connectivity index (χ0n) is 14.2. The van der Waals surface area contributed by atoms with E-state index in [-0.39, 0.29) is 11.3 Å². The summed E-state index contributed by atoms with van der Waals surface area (Å²) in [6, 6.07) is 9.94. The summed E-state index contributed by atoms with van der Waals surface area (Å²) < 4.78 is 29.6. The van der Waals surface area contributed by atoms with Crippen LogP contribution in [0.4, 0.5) is 10.1 Å². The van der Waals surface area contributed by atoms with E-state index in [1.54, 1.807) is 19.9 Å². The Kier molecular flexibility index (Phi) is 7.55. The molecule has 2 aromatic carbocycles. The van der Waals surface area contributed by atoms with Gasteiger partial charge in [0.25, 0.3) is 5.91 Å². The van der Waals surface area contributed by atoms with Gasteiger partial charge in [0.05, 0.1) is 18.8 Å². The van der Waals surface area contributed by atoms with Crippen LogP contribution in [0.2, 0.25) is 5.02 Å². The minimum atomic E-state index is -3.07. The van der Waals surface area contributed by atoms with E-state index in [4.69, 9.17) is 37.0 Å². The molecular weight excluding hydrogens is 400 g/mol. The number of hydrogen-bond donors (Lipinski definition) is 1. The zero-order chi connectivity index (χ0) is 19.2. The number of rotatable bonds is 8. The minimum absolute atomic E-state index is 0.155. The van der Waals surface area contributed by atoms with Crippen LogP contribution in [0.1, 0.15) is 24.2 Å². The molecule has 0 heterocycles. The zero-order valence-corrected chi connectivity index (χ0v) is 16.7. The van der Waals surface area contributed by atoms with Gasteiger partial charge in [-0.05, 0) is 50.2 Å². The maximum absolute atomic E-state index is 13.0. The molecule has 0 saturated heterocycles. The molecule has 1 amide bonds. The second-order valence-electron chi connectivity index (χ2n) is 4.98. The maximum atomic E-state index is 13.0. The van der Waals surface area contributed by atoms with E-state index in [0.29, 0.717) is 23.9 Å². The summed E-state index contributed by atoms with van der Waals surface area (Å²) in [7, 11) is 0. The lowest BCUT2D eigenvalue weighted by Gasteiger charge is -2.22. The molecule has 0 spiro atoms. The maximum Gasteiger partial charge on any atom is 0.380 e. The molecule has 0 bridgehead atoms. The Hall–Kier alpha value is -1.50. The molecule has 0 aromatic heterocycles. The summed E-state index contributed by atoms with van der Waals surface area (Å²) in [4.78, 5) is 12.6. The molecule has 5 nitrogen and oxygen atoms in total. The summed E-state index contributed by atoms with van der Waals surface area (Å²) >= 11 is 11.4. The van der Waals surface area contributed by atoms with Crippen molar-refractivity contribution in [2.75, 3.05) is 18.5 Å². The molecule has 140 valence electrons. The second-order valence-corrected chi connectivity index (χ2v) is 8.35.